The van der Waals surface area contributed by atoms with Gasteiger partial charge < -0.3 is 9.88 Å². The Bertz CT molecular complexity index is 1400. The molecule has 13 heteroatoms. The number of primary sulfonamides is 1. The molecule has 0 bridgehead atoms. The number of hydrogen-bond acceptors (Lipinski definition) is 7. The van der Waals surface area contributed by atoms with Crippen molar-refractivity contribution in [1.82, 2.24) is 23.6 Å². The van der Waals surface area contributed by atoms with Crippen LogP contribution in [-0.2, 0) is 26.8 Å². The van der Waals surface area contributed by atoms with Gasteiger partial charge in [-0.15, -0.1) is 0 Å². The first-order valence-corrected chi connectivity index (χ1v) is 13.4. The fourth-order valence-corrected chi connectivity index (χ4v) is 6.66. The van der Waals surface area contributed by atoms with E-state index in [1.54, 1.807) is 23.5 Å². The molecular weight excluding hydrogens is 466 g/mol. The maximum Gasteiger partial charge on any atom is 0.282 e. The van der Waals surface area contributed by atoms with Gasteiger partial charge in [0.1, 0.15) is 17.8 Å². The highest BCUT2D eigenvalue weighted by atomic mass is 32.2. The monoisotopic (exact) mass is 491 g/mol. The third-order valence-corrected chi connectivity index (χ3v) is 9.35. The number of nitrogens with two attached hydrogens (primary N) is 1. The van der Waals surface area contributed by atoms with Gasteiger partial charge in [0.15, 0.2) is 0 Å². The van der Waals surface area contributed by atoms with Crippen LogP contribution in [0.5, 0.6) is 0 Å². The largest absolute Gasteiger partial charge is 0.353 e. The summed E-state index contributed by atoms with van der Waals surface area (Å²) in [6.07, 6.45) is 4.93. The first-order chi connectivity index (χ1) is 15.6. The van der Waals surface area contributed by atoms with Gasteiger partial charge in [0.05, 0.1) is 15.8 Å². The van der Waals surface area contributed by atoms with Gasteiger partial charge >= 0.3 is 0 Å². The number of sulfonamides is 1. The molecule has 0 unspecified atom stereocenters. The summed E-state index contributed by atoms with van der Waals surface area (Å²) in [6.45, 7) is 1.57. The Morgan fingerprint density at radius 3 is 2.48 bits per heavy atom. The first-order valence-electron chi connectivity index (χ1n) is 10.5. The van der Waals surface area contributed by atoms with Crippen LogP contribution in [0, 0.1) is 0 Å². The van der Waals surface area contributed by atoms with Crippen LogP contribution in [0.25, 0.3) is 11.0 Å². The van der Waals surface area contributed by atoms with Crippen molar-refractivity contribution in [3.63, 3.8) is 0 Å². The van der Waals surface area contributed by atoms with Gasteiger partial charge in [-0.1, -0.05) is 12.1 Å². The standard InChI is InChI=1S/C20H25N7O4S2/c1-25(12-15-2-4-16(5-3-15)32(21,28)29)33(30,31)27-11-10-26(13-20(27)7-8-20)19-17-6-9-22-18(17)23-14-24-19/h2-6,9,14H,7-8,10-13H2,1H3,(H2,21,28,29)(H,22,23,24). The van der Waals surface area contributed by atoms with Crippen LogP contribution >= 0.6 is 0 Å². The van der Waals surface area contributed by atoms with E-state index in [9.17, 15) is 16.8 Å². The number of nitrogens with zero attached hydrogens (tertiary/aromatic N) is 5. The Hall–Kier alpha value is -2.58. The van der Waals surface area contributed by atoms with Crippen LogP contribution in [0.2, 0.25) is 0 Å². The lowest BCUT2D eigenvalue weighted by Crippen LogP contribution is -2.59. The summed E-state index contributed by atoms with van der Waals surface area (Å²) in [5, 5.41) is 6.06. The number of H-pyrrole nitrogens is 1. The number of aromatic amines is 1. The number of rotatable bonds is 6. The van der Waals surface area contributed by atoms with Crippen molar-refractivity contribution in [3.05, 3.63) is 48.4 Å². The molecule has 3 aromatic rings. The summed E-state index contributed by atoms with van der Waals surface area (Å²) in [7, 11) is -5.98. The minimum atomic E-state index is -3.79. The second kappa shape index (κ2) is 7.74. The number of aromatic nitrogens is 3. The molecule has 0 radical (unpaired) electrons. The van der Waals surface area contributed by atoms with Gasteiger partial charge in [0, 0.05) is 39.4 Å². The van der Waals surface area contributed by atoms with Gasteiger partial charge in [-0.25, -0.2) is 23.5 Å². The average Bonchev–Trinajstić information content (AvgIpc) is 3.34. The highest BCUT2D eigenvalue weighted by Crippen LogP contribution is 2.47. The molecule has 3 heterocycles. The molecule has 2 aliphatic rings. The van der Waals surface area contributed by atoms with E-state index in [4.69, 9.17) is 5.14 Å². The van der Waals surface area contributed by atoms with E-state index >= 15 is 0 Å². The Kier molecular flexibility index (Phi) is 5.21. The summed E-state index contributed by atoms with van der Waals surface area (Å²) in [4.78, 5) is 13.9. The fourth-order valence-electron chi connectivity index (χ4n) is 4.46. The summed E-state index contributed by atoms with van der Waals surface area (Å²) in [5.41, 5.74) is 0.983. The molecule has 176 valence electrons. The van der Waals surface area contributed by atoms with E-state index in [0.29, 0.717) is 25.2 Å². The van der Waals surface area contributed by atoms with Crippen molar-refractivity contribution in [3.8, 4) is 0 Å². The van der Waals surface area contributed by atoms with Crippen LogP contribution in [0.15, 0.2) is 47.8 Å². The molecule has 1 aliphatic carbocycles. The van der Waals surface area contributed by atoms with E-state index in [2.05, 4.69) is 19.9 Å². The van der Waals surface area contributed by atoms with Gasteiger partial charge in [-0.2, -0.15) is 17.0 Å². The molecule has 5 rings (SSSR count). The molecule has 0 atom stereocenters. The number of benzene rings is 1. The van der Waals surface area contributed by atoms with Crippen molar-refractivity contribution in [2.45, 2.75) is 29.8 Å². The molecule has 1 aliphatic heterocycles. The third kappa shape index (κ3) is 3.99. The fraction of sp³-hybridized carbons (Fsp3) is 0.400. The van der Waals surface area contributed by atoms with E-state index in [0.717, 1.165) is 29.7 Å². The van der Waals surface area contributed by atoms with E-state index < -0.39 is 25.8 Å². The zero-order valence-electron chi connectivity index (χ0n) is 18.0. The molecule has 33 heavy (non-hydrogen) atoms. The zero-order chi connectivity index (χ0) is 23.4. The predicted molar refractivity (Wildman–Crippen MR) is 123 cm³/mol. The number of hydrogen-bond donors (Lipinski definition) is 2. The molecule has 3 N–H and O–H groups in total. The van der Waals surface area contributed by atoms with E-state index in [1.165, 1.54) is 22.8 Å². The quantitative estimate of drug-likeness (QED) is 0.514. The van der Waals surface area contributed by atoms with Crippen molar-refractivity contribution in [1.29, 1.82) is 0 Å². The molecular formula is C20H25N7O4S2. The minimum absolute atomic E-state index is 0.00827. The van der Waals surface area contributed by atoms with E-state index in [1.807, 2.05) is 12.3 Å². The van der Waals surface area contributed by atoms with Crippen LogP contribution in [0.1, 0.15) is 18.4 Å². The van der Waals surface area contributed by atoms with Crippen molar-refractivity contribution in [2.24, 2.45) is 5.14 Å². The van der Waals surface area contributed by atoms with Crippen LogP contribution in [-0.4, -0.2) is 72.6 Å². The summed E-state index contributed by atoms with van der Waals surface area (Å²) < 4.78 is 52.8. The van der Waals surface area contributed by atoms with Crippen LogP contribution in [0.4, 0.5) is 5.82 Å². The van der Waals surface area contributed by atoms with Gasteiger partial charge in [-0.3, -0.25) is 0 Å². The van der Waals surface area contributed by atoms with Crippen molar-refractivity contribution < 1.29 is 16.8 Å². The normalized spacial score (nSPS) is 18.9. The lowest BCUT2D eigenvalue weighted by atomic mass is 10.2. The lowest BCUT2D eigenvalue weighted by Gasteiger charge is -2.43. The Balaban J connectivity index is 1.33. The van der Waals surface area contributed by atoms with Crippen molar-refractivity contribution in [2.75, 3.05) is 31.6 Å². The molecule has 1 spiro atoms. The molecule has 11 nitrogen and oxygen atoms in total. The van der Waals surface area contributed by atoms with Gasteiger partial charge in [0.2, 0.25) is 10.0 Å². The average molecular weight is 492 g/mol. The molecule has 1 aromatic carbocycles. The molecule has 1 saturated carbocycles. The number of fused-ring (bicyclic) bond motifs is 1. The first kappa shape index (κ1) is 22.2. The Morgan fingerprint density at radius 1 is 1.09 bits per heavy atom. The molecule has 2 fully saturated rings. The number of nitrogens with one attached hydrogen (secondary N) is 1. The minimum Gasteiger partial charge on any atom is -0.353 e. The zero-order valence-corrected chi connectivity index (χ0v) is 19.7. The van der Waals surface area contributed by atoms with Gasteiger partial charge in [-0.05, 0) is 36.6 Å². The Morgan fingerprint density at radius 2 is 1.82 bits per heavy atom. The highest BCUT2D eigenvalue weighted by Gasteiger charge is 2.56. The second-order valence-electron chi connectivity index (χ2n) is 8.61. The van der Waals surface area contributed by atoms with Crippen LogP contribution in [0.3, 0.4) is 0 Å². The SMILES string of the molecule is CN(Cc1ccc(S(N)(=O)=O)cc1)S(=O)(=O)N1CCN(c2ncnc3[nH]ccc23)CC12CC2. The lowest BCUT2D eigenvalue weighted by molar-refractivity contribution is 0.250. The highest BCUT2D eigenvalue weighted by molar-refractivity contribution is 7.89. The second-order valence-corrected chi connectivity index (χ2v) is 12.1. The van der Waals surface area contributed by atoms with E-state index in [-0.39, 0.29) is 11.4 Å². The van der Waals surface area contributed by atoms with Gasteiger partial charge in [0.25, 0.3) is 10.2 Å². The maximum absolute atomic E-state index is 13.5. The summed E-state index contributed by atoms with van der Waals surface area (Å²) in [6, 6.07) is 7.86. The smallest absolute Gasteiger partial charge is 0.282 e. The number of anilines is 1. The predicted octanol–water partition coefficient (Wildman–Crippen LogP) is 0.637. The molecule has 0 amide bonds. The molecule has 1 saturated heterocycles. The topological polar surface area (TPSA) is 146 Å². The maximum atomic E-state index is 13.5. The summed E-state index contributed by atoms with van der Waals surface area (Å²) >= 11 is 0. The number of piperazine rings is 1. The Labute approximate surface area is 192 Å². The summed E-state index contributed by atoms with van der Waals surface area (Å²) in [5.74, 6) is 0.813. The molecule has 2 aromatic heterocycles. The van der Waals surface area contributed by atoms with Crippen LogP contribution < -0.4 is 10.0 Å². The third-order valence-electron chi connectivity index (χ3n) is 6.38. The van der Waals surface area contributed by atoms with Crippen molar-refractivity contribution >= 4 is 37.1 Å².